The van der Waals surface area contributed by atoms with Crippen LogP contribution in [0.2, 0.25) is 0 Å². The highest BCUT2D eigenvalue weighted by Gasteiger charge is 2.42. The molecule has 0 heterocycles. The van der Waals surface area contributed by atoms with Crippen molar-refractivity contribution >= 4 is 0 Å². The monoisotopic (exact) mass is 362 g/mol. The Bertz CT molecular complexity index is 741. The zero-order chi connectivity index (χ0) is 19.3. The fourth-order valence-corrected chi connectivity index (χ4v) is 5.10. The summed E-state index contributed by atoms with van der Waals surface area (Å²) in [5.74, 6) is 0. The van der Waals surface area contributed by atoms with Gasteiger partial charge in [0.25, 0.3) is 0 Å². The molecule has 0 saturated heterocycles. The van der Waals surface area contributed by atoms with E-state index in [-0.39, 0.29) is 5.41 Å². The molecule has 0 amide bonds. The van der Waals surface area contributed by atoms with Crippen LogP contribution in [0.25, 0.3) is 11.1 Å². The van der Waals surface area contributed by atoms with Crippen molar-refractivity contribution in [3.05, 3.63) is 58.7 Å². The van der Waals surface area contributed by atoms with Crippen LogP contribution in [0, 0.1) is 13.8 Å². The van der Waals surface area contributed by atoms with Crippen molar-refractivity contribution in [3.8, 4) is 11.1 Å². The van der Waals surface area contributed by atoms with Gasteiger partial charge in [-0.05, 0) is 48.9 Å². The molecule has 2 aromatic carbocycles. The molecule has 0 aromatic heterocycles. The topological polar surface area (TPSA) is 0 Å². The molecule has 0 bridgehead atoms. The average molecular weight is 363 g/mol. The lowest BCUT2D eigenvalue weighted by Gasteiger charge is -2.33. The Hall–Kier alpha value is -1.56. The Morgan fingerprint density at radius 3 is 1.81 bits per heavy atom. The molecule has 0 heteroatoms. The van der Waals surface area contributed by atoms with Crippen LogP contribution in [0.4, 0.5) is 0 Å². The van der Waals surface area contributed by atoms with Gasteiger partial charge < -0.3 is 0 Å². The van der Waals surface area contributed by atoms with Gasteiger partial charge >= 0.3 is 0 Å². The first-order chi connectivity index (χ1) is 13.1. The van der Waals surface area contributed by atoms with Crippen LogP contribution in [0.5, 0.6) is 0 Å². The third-order valence-electron chi connectivity index (χ3n) is 6.59. The van der Waals surface area contributed by atoms with Gasteiger partial charge in [-0.15, -0.1) is 0 Å². The highest BCUT2D eigenvalue weighted by atomic mass is 14.4. The van der Waals surface area contributed by atoms with E-state index in [0.717, 1.165) is 0 Å². The lowest BCUT2D eigenvalue weighted by Crippen LogP contribution is -2.25. The van der Waals surface area contributed by atoms with E-state index in [2.05, 4.69) is 64.1 Å². The molecule has 3 rings (SSSR count). The van der Waals surface area contributed by atoms with E-state index in [4.69, 9.17) is 0 Å². The predicted octanol–water partition coefficient (Wildman–Crippen LogP) is 8.51. The van der Waals surface area contributed by atoms with Gasteiger partial charge in [-0.25, -0.2) is 0 Å². The lowest BCUT2D eigenvalue weighted by atomic mass is 9.70. The third-order valence-corrected chi connectivity index (χ3v) is 6.59. The van der Waals surface area contributed by atoms with Gasteiger partial charge in [0.1, 0.15) is 0 Å². The molecule has 2 aromatic rings. The Morgan fingerprint density at radius 1 is 0.593 bits per heavy atom. The number of hydrogen-bond acceptors (Lipinski definition) is 0. The van der Waals surface area contributed by atoms with Crippen molar-refractivity contribution in [2.75, 3.05) is 0 Å². The Kier molecular flexibility index (Phi) is 6.79. The van der Waals surface area contributed by atoms with Crippen LogP contribution in [0.3, 0.4) is 0 Å². The van der Waals surface area contributed by atoms with E-state index in [1.165, 1.54) is 86.5 Å². The van der Waals surface area contributed by atoms with Crippen molar-refractivity contribution in [1.82, 2.24) is 0 Å². The van der Waals surface area contributed by atoms with Gasteiger partial charge in [0.05, 0.1) is 0 Å². The summed E-state index contributed by atoms with van der Waals surface area (Å²) in [7, 11) is 0. The minimum Gasteiger partial charge on any atom is -0.0654 e. The van der Waals surface area contributed by atoms with Crippen LogP contribution in [0.15, 0.2) is 36.4 Å². The van der Waals surface area contributed by atoms with Crippen LogP contribution in [-0.2, 0) is 5.41 Å². The molecule has 1 aliphatic rings. The fourth-order valence-electron chi connectivity index (χ4n) is 5.10. The van der Waals surface area contributed by atoms with E-state index in [9.17, 15) is 0 Å². The molecule has 0 N–H and O–H groups in total. The maximum Gasteiger partial charge on any atom is 0.0215 e. The number of hydrogen-bond donors (Lipinski definition) is 0. The van der Waals surface area contributed by atoms with Gasteiger partial charge in [-0.1, -0.05) is 113 Å². The Morgan fingerprint density at radius 2 is 1.19 bits per heavy atom. The number of aryl methyl sites for hydroxylation is 2. The Balaban J connectivity index is 2.02. The lowest BCUT2D eigenvalue weighted by molar-refractivity contribution is 0.401. The molecular weight excluding hydrogens is 324 g/mol. The van der Waals surface area contributed by atoms with E-state index >= 15 is 0 Å². The van der Waals surface area contributed by atoms with Gasteiger partial charge in [-0.3, -0.25) is 0 Å². The predicted molar refractivity (Wildman–Crippen MR) is 120 cm³/mol. The van der Waals surface area contributed by atoms with Gasteiger partial charge in [0.2, 0.25) is 0 Å². The van der Waals surface area contributed by atoms with Crippen molar-refractivity contribution in [2.24, 2.45) is 0 Å². The summed E-state index contributed by atoms with van der Waals surface area (Å²) in [4.78, 5) is 0. The summed E-state index contributed by atoms with van der Waals surface area (Å²) in [6, 6.07) is 14.4. The maximum atomic E-state index is 2.50. The van der Waals surface area contributed by atoms with Crippen LogP contribution >= 0.6 is 0 Å². The van der Waals surface area contributed by atoms with Crippen molar-refractivity contribution in [1.29, 1.82) is 0 Å². The maximum absolute atomic E-state index is 2.50. The molecule has 0 unspecified atom stereocenters. The van der Waals surface area contributed by atoms with E-state index < -0.39 is 0 Å². The number of fused-ring (bicyclic) bond motifs is 3. The van der Waals surface area contributed by atoms with E-state index in [0.29, 0.717) is 0 Å². The quantitative estimate of drug-likeness (QED) is 0.371. The first-order valence-corrected chi connectivity index (χ1v) is 11.3. The Labute approximate surface area is 167 Å². The van der Waals surface area contributed by atoms with Gasteiger partial charge in [-0.2, -0.15) is 0 Å². The first-order valence-electron chi connectivity index (χ1n) is 11.3. The molecule has 0 atom stereocenters. The van der Waals surface area contributed by atoms with Crippen molar-refractivity contribution < 1.29 is 0 Å². The second kappa shape index (κ2) is 9.09. The second-order valence-corrected chi connectivity index (χ2v) is 8.80. The average Bonchev–Trinajstić information content (AvgIpc) is 2.91. The third kappa shape index (κ3) is 4.15. The number of rotatable bonds is 10. The summed E-state index contributed by atoms with van der Waals surface area (Å²) in [5, 5.41) is 0. The molecule has 1 aliphatic carbocycles. The molecule has 146 valence electrons. The number of benzene rings is 2. The van der Waals surface area contributed by atoms with E-state index in [1.807, 2.05) is 0 Å². The molecule has 0 spiro atoms. The second-order valence-electron chi connectivity index (χ2n) is 8.80. The van der Waals surface area contributed by atoms with Gasteiger partial charge in [0.15, 0.2) is 0 Å². The summed E-state index contributed by atoms with van der Waals surface area (Å²) in [6.07, 6.45) is 13.4. The fraction of sp³-hybridized carbons (Fsp3) is 0.556. The normalized spacial score (nSPS) is 14.2. The van der Waals surface area contributed by atoms with Crippen LogP contribution < -0.4 is 0 Å². The minimum atomic E-state index is 0.242. The molecule has 0 saturated carbocycles. The standard InChI is InChI=1S/C27H38/c1-5-7-9-11-17-27(18-12-10-8-6-2)25-16-14-21(3)19-24(25)23-15-13-22(4)20-26(23)27/h13-16,19-20H,5-12,17-18H2,1-4H3. The molecule has 0 radical (unpaired) electrons. The highest BCUT2D eigenvalue weighted by Crippen LogP contribution is 2.54. The summed E-state index contributed by atoms with van der Waals surface area (Å²) >= 11 is 0. The zero-order valence-electron chi connectivity index (χ0n) is 18.0. The van der Waals surface area contributed by atoms with E-state index in [1.54, 1.807) is 11.1 Å². The van der Waals surface area contributed by atoms with Crippen molar-refractivity contribution in [3.63, 3.8) is 0 Å². The molecule has 27 heavy (non-hydrogen) atoms. The zero-order valence-corrected chi connectivity index (χ0v) is 18.0. The minimum absolute atomic E-state index is 0.242. The van der Waals surface area contributed by atoms with Crippen LogP contribution in [0.1, 0.15) is 100 Å². The summed E-state index contributed by atoms with van der Waals surface area (Å²) < 4.78 is 0. The van der Waals surface area contributed by atoms with Crippen LogP contribution in [-0.4, -0.2) is 0 Å². The largest absolute Gasteiger partial charge is 0.0654 e. The molecular formula is C27H38. The summed E-state index contributed by atoms with van der Waals surface area (Å²) in [6.45, 7) is 9.11. The SMILES string of the molecule is CCCCCCC1(CCCCCC)c2ccc(C)cc2-c2ccc(C)cc21. The molecule has 0 nitrogen and oxygen atoms in total. The van der Waals surface area contributed by atoms with Gasteiger partial charge in [0, 0.05) is 5.41 Å². The summed E-state index contributed by atoms with van der Waals surface area (Å²) in [5.41, 5.74) is 9.28. The molecule has 0 aliphatic heterocycles. The van der Waals surface area contributed by atoms with Crippen molar-refractivity contribution in [2.45, 2.75) is 97.3 Å². The smallest absolute Gasteiger partial charge is 0.0215 e. The highest BCUT2D eigenvalue weighted by molar-refractivity contribution is 5.81. The molecule has 0 fully saturated rings. The number of unbranched alkanes of at least 4 members (excludes halogenated alkanes) is 6. The first kappa shape index (κ1) is 20.2.